The summed E-state index contributed by atoms with van der Waals surface area (Å²) in [6, 6.07) is 20.1. The maximum Gasteiger partial charge on any atom is 0.148 e. The van der Waals surface area contributed by atoms with Gasteiger partial charge < -0.3 is 16.2 Å². The minimum atomic E-state index is -0.810. The molecule has 3 aromatic rings. The van der Waals surface area contributed by atoms with Crippen molar-refractivity contribution in [2.75, 3.05) is 6.54 Å². The molecule has 0 aromatic heterocycles. The second kappa shape index (κ2) is 13.2. The molecular formula is C35H40Cl2N2O3. The number of nitrogens with two attached hydrogens (primary N) is 1. The number of aliphatic hydroxyl groups is 1. The number of benzene rings is 3. The first-order valence-electron chi connectivity index (χ1n) is 14.4. The van der Waals surface area contributed by atoms with Crippen LogP contribution in [0.2, 0.25) is 10.0 Å². The van der Waals surface area contributed by atoms with E-state index in [1.54, 1.807) is 18.2 Å². The van der Waals surface area contributed by atoms with Crippen molar-refractivity contribution < 1.29 is 14.7 Å². The standard InChI is InChI=1S/C35H40Cl2N2O3/c1-6-21(4)32(40)29(24-11-14-27(36)15-12-24)19-39-22(5)33(41)25-9-7-23(8-10-25)28-17-26(13-16-30(28)37)35(18-31(35)38)34(42)20(2)3/h6-17,20-22,29,31,33,39,41H,1,18-19,38H2,2-5H3/t21?,22-,29?,31?,33-,35?/m1/s1. The maximum absolute atomic E-state index is 13.1. The highest BCUT2D eigenvalue weighted by molar-refractivity contribution is 6.33. The Morgan fingerprint density at radius 3 is 2.17 bits per heavy atom. The molecule has 42 heavy (non-hydrogen) atoms. The van der Waals surface area contributed by atoms with Gasteiger partial charge in [-0.2, -0.15) is 0 Å². The maximum atomic E-state index is 13.1. The molecule has 6 atom stereocenters. The molecule has 1 aliphatic rings. The van der Waals surface area contributed by atoms with Gasteiger partial charge in [0.1, 0.15) is 11.6 Å². The van der Waals surface area contributed by atoms with Gasteiger partial charge in [0, 0.05) is 46.1 Å². The largest absolute Gasteiger partial charge is 0.387 e. The summed E-state index contributed by atoms with van der Waals surface area (Å²) in [6.07, 6.45) is 1.47. The van der Waals surface area contributed by atoms with Crippen LogP contribution in [0.1, 0.15) is 62.8 Å². The number of allylic oxidation sites excluding steroid dienone is 1. The number of Topliss-reactive ketones (excluding diaryl/α,β-unsaturated/α-hetero) is 2. The van der Waals surface area contributed by atoms with Crippen molar-refractivity contribution in [1.82, 2.24) is 5.32 Å². The number of aliphatic hydroxyl groups excluding tert-OH is 1. The van der Waals surface area contributed by atoms with Gasteiger partial charge >= 0.3 is 0 Å². The fourth-order valence-corrected chi connectivity index (χ4v) is 6.01. The van der Waals surface area contributed by atoms with Crippen molar-refractivity contribution >= 4 is 34.8 Å². The Hall–Kier alpha value is -2.80. The van der Waals surface area contributed by atoms with Crippen LogP contribution in [-0.2, 0) is 15.0 Å². The average molecular weight is 608 g/mol. The first kappa shape index (κ1) is 32.1. The Morgan fingerprint density at radius 2 is 1.62 bits per heavy atom. The first-order chi connectivity index (χ1) is 19.9. The number of halogens is 2. The molecule has 4 rings (SSSR count). The van der Waals surface area contributed by atoms with Crippen molar-refractivity contribution in [3.63, 3.8) is 0 Å². The summed E-state index contributed by atoms with van der Waals surface area (Å²) in [4.78, 5) is 26.2. The van der Waals surface area contributed by atoms with Crippen molar-refractivity contribution in [3.8, 4) is 11.1 Å². The molecule has 0 radical (unpaired) electrons. The topological polar surface area (TPSA) is 92.4 Å². The number of nitrogens with one attached hydrogen (secondary N) is 1. The van der Waals surface area contributed by atoms with E-state index in [0.717, 1.165) is 27.8 Å². The normalized spacial score (nSPS) is 20.9. The van der Waals surface area contributed by atoms with E-state index in [2.05, 4.69) is 11.9 Å². The average Bonchev–Trinajstić information content (AvgIpc) is 3.68. The molecule has 1 saturated carbocycles. The van der Waals surface area contributed by atoms with E-state index in [1.165, 1.54) is 0 Å². The first-order valence-corrected chi connectivity index (χ1v) is 15.2. The van der Waals surface area contributed by atoms with E-state index in [0.29, 0.717) is 23.0 Å². The molecule has 5 nitrogen and oxygen atoms in total. The second-order valence-electron chi connectivity index (χ2n) is 11.8. The Balaban J connectivity index is 1.49. The van der Waals surface area contributed by atoms with Gasteiger partial charge in [0.25, 0.3) is 0 Å². The Kier molecular flexibility index (Phi) is 10.1. The van der Waals surface area contributed by atoms with Crippen LogP contribution >= 0.6 is 23.2 Å². The third-order valence-corrected chi connectivity index (χ3v) is 9.14. The summed E-state index contributed by atoms with van der Waals surface area (Å²) in [5.74, 6) is -0.623. The SMILES string of the molecule is C=CC(C)C(=O)C(CN[C@H](C)[C@@H](O)c1ccc(-c2cc(C3(C(=O)C(C)C)CC3N)ccc2Cl)cc1)c1ccc(Cl)cc1. The molecule has 0 saturated heterocycles. The van der Waals surface area contributed by atoms with E-state index in [9.17, 15) is 14.7 Å². The van der Waals surface area contributed by atoms with Crippen LogP contribution in [0.25, 0.3) is 11.1 Å². The molecule has 0 bridgehead atoms. The molecule has 0 amide bonds. The number of carbonyl (C=O) groups is 2. The predicted octanol–water partition coefficient (Wildman–Crippen LogP) is 7.04. The molecule has 7 heteroatoms. The summed E-state index contributed by atoms with van der Waals surface area (Å²) in [5, 5.41) is 15.7. The van der Waals surface area contributed by atoms with Gasteiger partial charge in [0.05, 0.1) is 17.4 Å². The summed E-state index contributed by atoms with van der Waals surface area (Å²) in [6.45, 7) is 11.7. The zero-order chi connectivity index (χ0) is 30.8. The fourth-order valence-electron chi connectivity index (χ4n) is 5.66. The molecule has 1 fully saturated rings. The highest BCUT2D eigenvalue weighted by atomic mass is 35.5. The zero-order valence-corrected chi connectivity index (χ0v) is 26.1. The van der Waals surface area contributed by atoms with E-state index < -0.39 is 17.4 Å². The Morgan fingerprint density at radius 1 is 1.02 bits per heavy atom. The summed E-state index contributed by atoms with van der Waals surface area (Å²) in [7, 11) is 0. The minimum absolute atomic E-state index is 0.0500. The lowest BCUT2D eigenvalue weighted by Gasteiger charge is -2.25. The van der Waals surface area contributed by atoms with Gasteiger partial charge in [-0.25, -0.2) is 0 Å². The highest BCUT2D eigenvalue weighted by Crippen LogP contribution is 2.50. The van der Waals surface area contributed by atoms with Crippen LogP contribution in [-0.4, -0.2) is 35.3 Å². The van der Waals surface area contributed by atoms with E-state index in [4.69, 9.17) is 28.9 Å². The van der Waals surface area contributed by atoms with Crippen LogP contribution in [0.5, 0.6) is 0 Å². The molecule has 4 N–H and O–H groups in total. The quantitative estimate of drug-likeness (QED) is 0.181. The third kappa shape index (κ3) is 6.56. The van der Waals surface area contributed by atoms with Crippen LogP contribution in [0, 0.1) is 11.8 Å². The predicted molar refractivity (Wildman–Crippen MR) is 172 cm³/mol. The lowest BCUT2D eigenvalue weighted by molar-refractivity contribution is -0.124. The molecule has 1 aliphatic carbocycles. The van der Waals surface area contributed by atoms with Crippen LogP contribution < -0.4 is 11.1 Å². The Labute approximate surface area is 259 Å². The van der Waals surface area contributed by atoms with Gasteiger partial charge in [-0.05, 0) is 59.9 Å². The van der Waals surface area contributed by atoms with E-state index >= 15 is 0 Å². The van der Waals surface area contributed by atoms with E-state index in [1.807, 2.05) is 82.3 Å². The van der Waals surface area contributed by atoms with Crippen molar-refractivity contribution in [2.45, 2.75) is 63.6 Å². The summed E-state index contributed by atoms with van der Waals surface area (Å²) in [5.41, 5.74) is 9.82. The smallest absolute Gasteiger partial charge is 0.148 e. The minimum Gasteiger partial charge on any atom is -0.387 e. The number of hydrogen-bond acceptors (Lipinski definition) is 5. The van der Waals surface area contributed by atoms with Crippen LogP contribution in [0.3, 0.4) is 0 Å². The lowest BCUT2D eigenvalue weighted by atomic mass is 9.83. The zero-order valence-electron chi connectivity index (χ0n) is 24.6. The molecule has 3 aromatic carbocycles. The van der Waals surface area contributed by atoms with Crippen molar-refractivity contribution in [1.29, 1.82) is 0 Å². The van der Waals surface area contributed by atoms with Gasteiger partial charge in [0.15, 0.2) is 0 Å². The van der Waals surface area contributed by atoms with Crippen LogP contribution in [0.4, 0.5) is 0 Å². The van der Waals surface area contributed by atoms with Gasteiger partial charge in [-0.3, -0.25) is 9.59 Å². The number of carbonyl (C=O) groups excluding carboxylic acids is 2. The number of hydrogen-bond donors (Lipinski definition) is 3. The molecule has 222 valence electrons. The molecular weight excluding hydrogens is 567 g/mol. The lowest BCUT2D eigenvalue weighted by Crippen LogP contribution is -2.38. The highest BCUT2D eigenvalue weighted by Gasteiger charge is 2.59. The fraction of sp³-hybridized carbons (Fsp3) is 0.371. The summed E-state index contributed by atoms with van der Waals surface area (Å²) >= 11 is 12.7. The third-order valence-electron chi connectivity index (χ3n) is 8.56. The van der Waals surface area contributed by atoms with Crippen molar-refractivity contribution in [2.24, 2.45) is 17.6 Å². The number of rotatable bonds is 13. The van der Waals surface area contributed by atoms with Gasteiger partial charge in [-0.15, -0.1) is 6.58 Å². The molecule has 4 unspecified atom stereocenters. The second-order valence-corrected chi connectivity index (χ2v) is 12.6. The van der Waals surface area contributed by atoms with E-state index in [-0.39, 0.29) is 35.5 Å². The summed E-state index contributed by atoms with van der Waals surface area (Å²) < 4.78 is 0. The molecule has 0 spiro atoms. The van der Waals surface area contributed by atoms with Gasteiger partial charge in [-0.1, -0.05) is 92.5 Å². The van der Waals surface area contributed by atoms with Gasteiger partial charge in [0.2, 0.25) is 0 Å². The Bertz CT molecular complexity index is 1440. The van der Waals surface area contributed by atoms with Crippen LogP contribution in [0.15, 0.2) is 79.4 Å². The number of ketones is 2. The monoisotopic (exact) mass is 606 g/mol. The van der Waals surface area contributed by atoms with Crippen molar-refractivity contribution in [3.05, 3.63) is 106 Å². The molecule has 0 aliphatic heterocycles. The molecule has 0 heterocycles.